The first-order chi connectivity index (χ1) is 12.9. The van der Waals surface area contributed by atoms with Crippen molar-refractivity contribution in [2.45, 2.75) is 20.8 Å². The van der Waals surface area contributed by atoms with E-state index in [-0.39, 0.29) is 5.57 Å². The summed E-state index contributed by atoms with van der Waals surface area (Å²) in [5.41, 5.74) is 4.68. The second-order valence-corrected chi connectivity index (χ2v) is 7.83. The molecule has 0 fully saturated rings. The van der Waals surface area contributed by atoms with Crippen molar-refractivity contribution in [2.75, 3.05) is 5.32 Å². The number of halogens is 1. The van der Waals surface area contributed by atoms with Crippen molar-refractivity contribution in [1.82, 2.24) is 9.55 Å². The Morgan fingerprint density at radius 1 is 1.33 bits per heavy atom. The van der Waals surface area contributed by atoms with Crippen LogP contribution in [0.3, 0.4) is 0 Å². The number of nitrogens with zero attached hydrogens (tertiary/aromatic N) is 3. The van der Waals surface area contributed by atoms with Crippen LogP contribution >= 0.6 is 27.3 Å². The predicted molar refractivity (Wildman–Crippen MR) is 112 cm³/mol. The fraction of sp³-hybridized carbons (Fsp3) is 0.150. The highest BCUT2D eigenvalue weighted by molar-refractivity contribution is 9.10. The molecule has 2 aromatic heterocycles. The highest BCUT2D eigenvalue weighted by atomic mass is 79.9. The molecule has 27 heavy (non-hydrogen) atoms. The maximum absolute atomic E-state index is 12.4. The van der Waals surface area contributed by atoms with Gasteiger partial charge in [0.1, 0.15) is 11.6 Å². The molecule has 0 spiro atoms. The van der Waals surface area contributed by atoms with E-state index in [1.165, 1.54) is 11.3 Å². The van der Waals surface area contributed by atoms with Gasteiger partial charge in [-0.15, -0.1) is 11.3 Å². The van der Waals surface area contributed by atoms with Gasteiger partial charge in [0.2, 0.25) is 0 Å². The van der Waals surface area contributed by atoms with Crippen LogP contribution in [0.5, 0.6) is 0 Å². The zero-order chi connectivity index (χ0) is 19.6. The summed E-state index contributed by atoms with van der Waals surface area (Å²) in [4.78, 5) is 16.6. The third kappa shape index (κ3) is 4.18. The second kappa shape index (κ2) is 7.91. The number of carbonyl (C=O) groups excluding carboxylic acids is 1. The Hall–Kier alpha value is -2.69. The number of benzene rings is 1. The van der Waals surface area contributed by atoms with Crippen LogP contribution in [-0.4, -0.2) is 15.5 Å². The van der Waals surface area contributed by atoms with Crippen molar-refractivity contribution < 1.29 is 4.79 Å². The number of aryl methyl sites for hydroxylation is 2. The van der Waals surface area contributed by atoms with Crippen molar-refractivity contribution >= 4 is 44.4 Å². The summed E-state index contributed by atoms with van der Waals surface area (Å²) in [5.74, 6) is -0.459. The Bertz CT molecular complexity index is 1090. The summed E-state index contributed by atoms with van der Waals surface area (Å²) in [7, 11) is 0. The van der Waals surface area contributed by atoms with Crippen molar-refractivity contribution in [3.05, 3.63) is 68.4 Å². The van der Waals surface area contributed by atoms with Crippen LogP contribution in [0.2, 0.25) is 0 Å². The van der Waals surface area contributed by atoms with Gasteiger partial charge in [-0.05, 0) is 56.7 Å². The predicted octanol–water partition coefficient (Wildman–Crippen LogP) is 5.17. The molecule has 5 nitrogen and oxygen atoms in total. The molecule has 0 aliphatic rings. The van der Waals surface area contributed by atoms with Gasteiger partial charge < -0.3 is 4.57 Å². The molecule has 0 radical (unpaired) electrons. The molecule has 0 bridgehead atoms. The fourth-order valence-electron chi connectivity index (χ4n) is 2.83. The van der Waals surface area contributed by atoms with Crippen LogP contribution in [-0.2, 0) is 4.79 Å². The van der Waals surface area contributed by atoms with Crippen LogP contribution in [0.1, 0.15) is 22.6 Å². The molecule has 0 aliphatic carbocycles. The number of nitrogens with one attached hydrogen (secondary N) is 1. The highest BCUT2D eigenvalue weighted by Gasteiger charge is 2.15. The van der Waals surface area contributed by atoms with E-state index in [9.17, 15) is 10.1 Å². The normalized spacial score (nSPS) is 11.3. The van der Waals surface area contributed by atoms with E-state index in [1.807, 2.05) is 62.6 Å². The number of aromatic nitrogens is 2. The van der Waals surface area contributed by atoms with Gasteiger partial charge in [0.15, 0.2) is 5.13 Å². The molecule has 3 rings (SSSR count). The zero-order valence-corrected chi connectivity index (χ0v) is 17.5. The lowest BCUT2D eigenvalue weighted by Crippen LogP contribution is -2.13. The quantitative estimate of drug-likeness (QED) is 0.449. The molecule has 3 aromatic rings. The van der Waals surface area contributed by atoms with E-state index >= 15 is 0 Å². The summed E-state index contributed by atoms with van der Waals surface area (Å²) < 4.78 is 3.08. The molecule has 7 heteroatoms. The Labute approximate surface area is 170 Å². The average Bonchev–Trinajstić information content (AvgIpc) is 3.15. The van der Waals surface area contributed by atoms with Gasteiger partial charge in [-0.25, -0.2) is 4.98 Å². The summed E-state index contributed by atoms with van der Waals surface area (Å²) in [6.45, 7) is 5.82. The largest absolute Gasteiger partial charge is 0.318 e. The first-order valence-electron chi connectivity index (χ1n) is 8.19. The molecule has 1 aromatic carbocycles. The molecule has 136 valence electrons. The Morgan fingerprint density at radius 2 is 2.11 bits per heavy atom. The molecule has 0 atom stereocenters. The van der Waals surface area contributed by atoms with Crippen LogP contribution in [0.25, 0.3) is 11.8 Å². The van der Waals surface area contributed by atoms with Gasteiger partial charge in [-0.2, -0.15) is 5.26 Å². The third-order valence-corrected chi connectivity index (χ3v) is 5.41. The van der Waals surface area contributed by atoms with Gasteiger partial charge in [-0.3, -0.25) is 10.1 Å². The van der Waals surface area contributed by atoms with E-state index in [4.69, 9.17) is 0 Å². The van der Waals surface area contributed by atoms with Crippen molar-refractivity contribution in [1.29, 1.82) is 5.26 Å². The maximum atomic E-state index is 12.4. The molecule has 2 heterocycles. The number of rotatable bonds is 4. The average molecular weight is 441 g/mol. The lowest BCUT2D eigenvalue weighted by molar-refractivity contribution is -0.112. The van der Waals surface area contributed by atoms with Gasteiger partial charge in [0.25, 0.3) is 5.91 Å². The lowest BCUT2D eigenvalue weighted by atomic mass is 10.1. The topological polar surface area (TPSA) is 70.7 Å². The van der Waals surface area contributed by atoms with Crippen LogP contribution in [0.15, 0.2) is 45.8 Å². The number of carbonyl (C=O) groups is 1. The minimum atomic E-state index is -0.459. The van der Waals surface area contributed by atoms with E-state index in [1.54, 1.807) is 6.08 Å². The molecule has 1 amide bonds. The van der Waals surface area contributed by atoms with Gasteiger partial charge in [0.05, 0.1) is 5.69 Å². The number of nitriles is 1. The molecule has 0 aliphatic heterocycles. The highest BCUT2D eigenvalue weighted by Crippen LogP contribution is 2.25. The minimum Gasteiger partial charge on any atom is -0.318 e. The van der Waals surface area contributed by atoms with Crippen molar-refractivity contribution in [2.24, 2.45) is 0 Å². The summed E-state index contributed by atoms with van der Waals surface area (Å²) >= 11 is 4.83. The van der Waals surface area contributed by atoms with Crippen LogP contribution in [0.4, 0.5) is 5.13 Å². The monoisotopic (exact) mass is 440 g/mol. The summed E-state index contributed by atoms with van der Waals surface area (Å²) in [6.07, 6.45) is 1.62. The Balaban J connectivity index is 1.94. The van der Waals surface area contributed by atoms with Crippen LogP contribution < -0.4 is 5.32 Å². The van der Waals surface area contributed by atoms with Crippen molar-refractivity contribution in [3.63, 3.8) is 0 Å². The van der Waals surface area contributed by atoms with Gasteiger partial charge in [-0.1, -0.05) is 22.0 Å². The first kappa shape index (κ1) is 19.1. The summed E-state index contributed by atoms with van der Waals surface area (Å²) in [5, 5.41) is 14.5. The maximum Gasteiger partial charge on any atom is 0.268 e. The second-order valence-electron chi connectivity index (χ2n) is 6.06. The lowest BCUT2D eigenvalue weighted by Gasteiger charge is -2.10. The molecular weight excluding hydrogens is 424 g/mol. The standard InChI is InChI=1S/C20H17BrN4OS/c1-12-11-27-20(23-12)24-19(26)16(10-22)8-15-7-13(2)25(14(15)3)18-6-4-5-17(21)9-18/h4-9,11H,1-3H3,(H,23,24,26)/b16-8-. The molecule has 1 N–H and O–H groups in total. The van der Waals surface area contributed by atoms with E-state index in [0.29, 0.717) is 5.13 Å². The Kier molecular flexibility index (Phi) is 5.59. The minimum absolute atomic E-state index is 0.0392. The fourth-order valence-corrected chi connectivity index (χ4v) is 3.90. The summed E-state index contributed by atoms with van der Waals surface area (Å²) in [6, 6.07) is 11.9. The van der Waals surface area contributed by atoms with E-state index < -0.39 is 5.91 Å². The number of hydrogen-bond donors (Lipinski definition) is 1. The molecule has 0 saturated heterocycles. The zero-order valence-electron chi connectivity index (χ0n) is 15.1. The molecular formula is C20H17BrN4OS. The number of amides is 1. The Morgan fingerprint density at radius 3 is 2.74 bits per heavy atom. The smallest absolute Gasteiger partial charge is 0.268 e. The third-order valence-electron chi connectivity index (χ3n) is 4.04. The number of hydrogen-bond acceptors (Lipinski definition) is 4. The molecule has 0 saturated carbocycles. The van der Waals surface area contributed by atoms with Gasteiger partial charge in [0, 0.05) is 26.9 Å². The number of thiazole rings is 1. The first-order valence-corrected chi connectivity index (χ1v) is 9.86. The van der Waals surface area contributed by atoms with Gasteiger partial charge >= 0.3 is 0 Å². The van der Waals surface area contributed by atoms with E-state index in [0.717, 1.165) is 32.8 Å². The SMILES string of the molecule is Cc1csc(NC(=O)/C(C#N)=C\c2cc(C)n(-c3cccc(Br)c3)c2C)n1. The molecule has 0 unspecified atom stereocenters. The number of anilines is 1. The van der Waals surface area contributed by atoms with Crippen LogP contribution in [0, 0.1) is 32.1 Å². The van der Waals surface area contributed by atoms with E-state index in [2.05, 4.69) is 30.8 Å². The van der Waals surface area contributed by atoms with Crippen molar-refractivity contribution in [3.8, 4) is 11.8 Å².